The third kappa shape index (κ3) is 4.93. The number of aliphatic hydroxyl groups is 1. The van der Waals surface area contributed by atoms with Crippen LogP contribution in [0.15, 0.2) is 24.3 Å². The number of aliphatic hydroxyl groups excluding tert-OH is 1. The van der Waals surface area contributed by atoms with Gasteiger partial charge in [0.2, 0.25) is 0 Å². The number of hydrogen-bond acceptors (Lipinski definition) is 3. The molecule has 1 aromatic carbocycles. The van der Waals surface area contributed by atoms with Gasteiger partial charge in [-0.3, -0.25) is 0 Å². The molecule has 0 radical (unpaired) electrons. The maximum Gasteiger partial charge on any atom is 0.416 e. The molecule has 0 saturated carbocycles. The van der Waals surface area contributed by atoms with E-state index in [4.69, 9.17) is 4.74 Å². The summed E-state index contributed by atoms with van der Waals surface area (Å²) in [6.45, 7) is 2.89. The maximum atomic E-state index is 12.4. The van der Waals surface area contributed by atoms with Crippen molar-refractivity contribution in [1.82, 2.24) is 5.32 Å². The van der Waals surface area contributed by atoms with E-state index in [-0.39, 0.29) is 12.4 Å². The minimum atomic E-state index is -4.39. The molecule has 1 rings (SSSR count). The average molecular weight is 263 g/mol. The Labute approximate surface area is 104 Å². The Bertz CT molecular complexity index is 369. The first-order valence-electron chi connectivity index (χ1n) is 5.62. The fraction of sp³-hybridized carbons (Fsp3) is 0.500. The van der Waals surface area contributed by atoms with Crippen LogP contribution in [-0.2, 0) is 6.18 Å². The molecule has 18 heavy (non-hydrogen) atoms. The van der Waals surface area contributed by atoms with Crippen molar-refractivity contribution in [1.29, 1.82) is 0 Å². The van der Waals surface area contributed by atoms with Gasteiger partial charge in [0.25, 0.3) is 0 Å². The molecule has 3 nitrogen and oxygen atoms in total. The van der Waals surface area contributed by atoms with Gasteiger partial charge in [0.15, 0.2) is 0 Å². The normalized spacial score (nSPS) is 13.4. The van der Waals surface area contributed by atoms with Gasteiger partial charge in [-0.05, 0) is 24.7 Å². The van der Waals surface area contributed by atoms with E-state index in [0.717, 1.165) is 12.1 Å². The van der Waals surface area contributed by atoms with E-state index in [0.29, 0.717) is 13.1 Å². The summed E-state index contributed by atoms with van der Waals surface area (Å²) in [6.07, 6.45) is -5.14. The highest BCUT2D eigenvalue weighted by molar-refractivity contribution is 5.30. The Morgan fingerprint density at radius 3 is 2.72 bits per heavy atom. The first-order valence-corrected chi connectivity index (χ1v) is 5.62. The molecule has 1 atom stereocenters. The molecule has 1 aromatic rings. The summed E-state index contributed by atoms with van der Waals surface area (Å²) in [5, 5.41) is 12.4. The highest BCUT2D eigenvalue weighted by Crippen LogP contribution is 2.31. The molecule has 0 saturated heterocycles. The van der Waals surface area contributed by atoms with Gasteiger partial charge in [0.05, 0.1) is 5.56 Å². The molecule has 6 heteroatoms. The predicted molar refractivity (Wildman–Crippen MR) is 61.5 cm³/mol. The number of rotatable bonds is 6. The standard InChI is InChI=1S/C12H16F3NO2/c1-2-16-7-10(17)8-18-11-5-3-4-9(6-11)12(13,14)15/h3-6,10,16-17H,2,7-8H2,1H3. The quantitative estimate of drug-likeness (QED) is 0.825. The van der Waals surface area contributed by atoms with Crippen LogP contribution in [0.4, 0.5) is 13.2 Å². The van der Waals surface area contributed by atoms with Gasteiger partial charge < -0.3 is 15.2 Å². The molecule has 0 aliphatic carbocycles. The zero-order chi connectivity index (χ0) is 13.6. The lowest BCUT2D eigenvalue weighted by atomic mass is 10.2. The molecule has 0 spiro atoms. The van der Waals surface area contributed by atoms with Crippen molar-refractivity contribution in [3.05, 3.63) is 29.8 Å². The maximum absolute atomic E-state index is 12.4. The van der Waals surface area contributed by atoms with E-state index in [9.17, 15) is 18.3 Å². The second-order valence-electron chi connectivity index (χ2n) is 3.80. The van der Waals surface area contributed by atoms with Crippen LogP contribution >= 0.6 is 0 Å². The smallest absolute Gasteiger partial charge is 0.416 e. The molecule has 0 aliphatic rings. The van der Waals surface area contributed by atoms with Crippen LogP contribution in [0.3, 0.4) is 0 Å². The van der Waals surface area contributed by atoms with Crippen molar-refractivity contribution in [2.45, 2.75) is 19.2 Å². The van der Waals surface area contributed by atoms with E-state index in [1.807, 2.05) is 6.92 Å². The fourth-order valence-electron chi connectivity index (χ4n) is 1.32. The fourth-order valence-corrected chi connectivity index (χ4v) is 1.32. The van der Waals surface area contributed by atoms with Gasteiger partial charge >= 0.3 is 6.18 Å². The summed E-state index contributed by atoms with van der Waals surface area (Å²) in [5.41, 5.74) is -0.763. The first-order chi connectivity index (χ1) is 8.43. The highest BCUT2D eigenvalue weighted by Gasteiger charge is 2.30. The monoisotopic (exact) mass is 263 g/mol. The van der Waals surface area contributed by atoms with Gasteiger partial charge in [-0.15, -0.1) is 0 Å². The SMILES string of the molecule is CCNCC(O)COc1cccc(C(F)(F)F)c1. The Kier molecular flexibility index (Phi) is 5.43. The Hall–Kier alpha value is -1.27. The van der Waals surface area contributed by atoms with Gasteiger partial charge in [0.1, 0.15) is 18.5 Å². The topological polar surface area (TPSA) is 41.5 Å². The van der Waals surface area contributed by atoms with Crippen LogP contribution in [0.5, 0.6) is 5.75 Å². The van der Waals surface area contributed by atoms with Crippen LogP contribution in [0.2, 0.25) is 0 Å². The van der Waals surface area contributed by atoms with E-state index in [2.05, 4.69) is 5.32 Å². The van der Waals surface area contributed by atoms with Crippen molar-refractivity contribution >= 4 is 0 Å². The van der Waals surface area contributed by atoms with Crippen LogP contribution in [-0.4, -0.2) is 30.9 Å². The largest absolute Gasteiger partial charge is 0.491 e. The molecule has 1 unspecified atom stereocenters. The Balaban J connectivity index is 2.52. The molecular formula is C12H16F3NO2. The van der Waals surface area contributed by atoms with E-state index in [1.54, 1.807) is 0 Å². The van der Waals surface area contributed by atoms with Gasteiger partial charge in [-0.2, -0.15) is 13.2 Å². The molecule has 102 valence electrons. The van der Waals surface area contributed by atoms with Gasteiger partial charge in [-0.1, -0.05) is 13.0 Å². The lowest BCUT2D eigenvalue weighted by molar-refractivity contribution is -0.137. The van der Waals surface area contributed by atoms with Crippen molar-refractivity contribution in [3.8, 4) is 5.75 Å². The van der Waals surface area contributed by atoms with E-state index < -0.39 is 17.8 Å². The summed E-state index contributed by atoms with van der Waals surface area (Å²) in [6, 6.07) is 4.59. The minimum Gasteiger partial charge on any atom is -0.491 e. The molecule has 2 N–H and O–H groups in total. The van der Waals surface area contributed by atoms with Crippen molar-refractivity contribution < 1.29 is 23.0 Å². The van der Waals surface area contributed by atoms with Gasteiger partial charge in [0, 0.05) is 6.54 Å². The summed E-state index contributed by atoms with van der Waals surface area (Å²) >= 11 is 0. The Morgan fingerprint density at radius 1 is 1.39 bits per heavy atom. The first kappa shape index (κ1) is 14.8. The lowest BCUT2D eigenvalue weighted by Crippen LogP contribution is -2.31. The van der Waals surface area contributed by atoms with Crippen molar-refractivity contribution in [2.75, 3.05) is 19.7 Å². The third-order valence-corrected chi connectivity index (χ3v) is 2.23. The minimum absolute atomic E-state index is 0.0473. The number of likely N-dealkylation sites (N-methyl/N-ethyl adjacent to an activating group) is 1. The predicted octanol–water partition coefficient (Wildman–Crippen LogP) is 2.05. The van der Waals surface area contributed by atoms with E-state index >= 15 is 0 Å². The zero-order valence-corrected chi connectivity index (χ0v) is 10.00. The molecule has 0 aliphatic heterocycles. The number of hydrogen-bond donors (Lipinski definition) is 2. The number of benzene rings is 1. The zero-order valence-electron chi connectivity index (χ0n) is 10.00. The summed E-state index contributed by atoms with van der Waals surface area (Å²) in [5.74, 6) is 0.0976. The van der Waals surface area contributed by atoms with Crippen molar-refractivity contribution in [3.63, 3.8) is 0 Å². The molecule has 0 aromatic heterocycles. The highest BCUT2D eigenvalue weighted by atomic mass is 19.4. The second-order valence-corrected chi connectivity index (χ2v) is 3.80. The number of alkyl halides is 3. The average Bonchev–Trinajstić information content (AvgIpc) is 2.33. The lowest BCUT2D eigenvalue weighted by Gasteiger charge is -2.13. The molecule has 0 fully saturated rings. The molecule has 0 amide bonds. The van der Waals surface area contributed by atoms with Crippen LogP contribution in [0, 0.1) is 0 Å². The summed E-state index contributed by atoms with van der Waals surface area (Å²) < 4.78 is 42.4. The van der Waals surface area contributed by atoms with E-state index in [1.165, 1.54) is 12.1 Å². The number of nitrogens with one attached hydrogen (secondary N) is 1. The number of halogens is 3. The van der Waals surface area contributed by atoms with Crippen LogP contribution < -0.4 is 10.1 Å². The Morgan fingerprint density at radius 2 is 2.11 bits per heavy atom. The number of ether oxygens (including phenoxy) is 1. The van der Waals surface area contributed by atoms with Crippen LogP contribution in [0.1, 0.15) is 12.5 Å². The molecule has 0 bridgehead atoms. The third-order valence-electron chi connectivity index (χ3n) is 2.23. The van der Waals surface area contributed by atoms with Gasteiger partial charge in [-0.25, -0.2) is 0 Å². The molecular weight excluding hydrogens is 247 g/mol. The molecule has 0 heterocycles. The summed E-state index contributed by atoms with van der Waals surface area (Å²) in [4.78, 5) is 0. The van der Waals surface area contributed by atoms with Crippen LogP contribution in [0.25, 0.3) is 0 Å². The summed E-state index contributed by atoms with van der Waals surface area (Å²) in [7, 11) is 0. The second kappa shape index (κ2) is 6.61. The van der Waals surface area contributed by atoms with Crippen molar-refractivity contribution in [2.24, 2.45) is 0 Å².